The standard InChI is InChI=1S/C23H30N6O/c1-14-24-13-15-9-17(20(30)10-19(15)25-14)18-7-8-21(27-26-18)29(6)16-11-22(2,3)28-23(4,5)12-16/h7-10,13,16,28,30H,11-12H2,1-6H3. The molecule has 30 heavy (non-hydrogen) atoms. The lowest BCUT2D eigenvalue weighted by Gasteiger charge is -2.49. The molecule has 2 aromatic heterocycles. The van der Waals surface area contributed by atoms with Gasteiger partial charge in [0.1, 0.15) is 11.6 Å². The van der Waals surface area contributed by atoms with E-state index in [4.69, 9.17) is 0 Å². The quantitative estimate of drug-likeness (QED) is 0.683. The van der Waals surface area contributed by atoms with Gasteiger partial charge in [-0.2, -0.15) is 0 Å². The van der Waals surface area contributed by atoms with Crippen molar-refractivity contribution in [1.82, 2.24) is 25.5 Å². The molecule has 7 nitrogen and oxygen atoms in total. The average molecular weight is 407 g/mol. The molecule has 0 aliphatic carbocycles. The highest BCUT2D eigenvalue weighted by Crippen LogP contribution is 2.34. The van der Waals surface area contributed by atoms with Crippen molar-refractivity contribution in [1.29, 1.82) is 0 Å². The van der Waals surface area contributed by atoms with Crippen LogP contribution in [0.15, 0.2) is 30.5 Å². The molecule has 0 amide bonds. The predicted molar refractivity (Wildman–Crippen MR) is 120 cm³/mol. The number of benzene rings is 1. The molecule has 7 heteroatoms. The van der Waals surface area contributed by atoms with Crippen molar-refractivity contribution in [2.24, 2.45) is 0 Å². The molecule has 3 aromatic rings. The second kappa shape index (κ2) is 7.16. The summed E-state index contributed by atoms with van der Waals surface area (Å²) in [6.07, 6.45) is 3.82. The number of piperidine rings is 1. The highest BCUT2D eigenvalue weighted by molar-refractivity contribution is 5.86. The van der Waals surface area contributed by atoms with Crippen molar-refractivity contribution in [3.63, 3.8) is 0 Å². The smallest absolute Gasteiger partial charge is 0.151 e. The Morgan fingerprint density at radius 2 is 1.77 bits per heavy atom. The average Bonchev–Trinajstić information content (AvgIpc) is 2.64. The van der Waals surface area contributed by atoms with Gasteiger partial charge in [0.05, 0.1) is 11.2 Å². The van der Waals surface area contributed by atoms with E-state index >= 15 is 0 Å². The molecule has 1 saturated heterocycles. The zero-order valence-electron chi connectivity index (χ0n) is 18.6. The molecule has 1 aromatic carbocycles. The van der Waals surface area contributed by atoms with Crippen LogP contribution < -0.4 is 10.2 Å². The Bertz CT molecular complexity index is 1060. The van der Waals surface area contributed by atoms with Crippen molar-refractivity contribution in [3.8, 4) is 17.0 Å². The number of rotatable bonds is 3. The second-order valence-corrected chi connectivity index (χ2v) is 9.69. The molecule has 1 fully saturated rings. The summed E-state index contributed by atoms with van der Waals surface area (Å²) in [7, 11) is 2.08. The maximum Gasteiger partial charge on any atom is 0.151 e. The first-order chi connectivity index (χ1) is 14.0. The summed E-state index contributed by atoms with van der Waals surface area (Å²) < 4.78 is 0. The van der Waals surface area contributed by atoms with Gasteiger partial charge in [-0.1, -0.05) is 0 Å². The Morgan fingerprint density at radius 3 is 2.40 bits per heavy atom. The highest BCUT2D eigenvalue weighted by Gasteiger charge is 2.39. The molecule has 0 saturated carbocycles. The normalized spacial score (nSPS) is 18.5. The number of aryl methyl sites for hydroxylation is 1. The number of anilines is 1. The summed E-state index contributed by atoms with van der Waals surface area (Å²) in [5.74, 6) is 1.64. The van der Waals surface area contributed by atoms with E-state index in [1.807, 2.05) is 25.1 Å². The lowest BCUT2D eigenvalue weighted by atomic mass is 9.79. The Morgan fingerprint density at radius 1 is 1.07 bits per heavy atom. The van der Waals surface area contributed by atoms with Gasteiger partial charge < -0.3 is 15.3 Å². The van der Waals surface area contributed by atoms with Crippen molar-refractivity contribution in [2.45, 2.75) is 64.6 Å². The highest BCUT2D eigenvalue weighted by atomic mass is 16.3. The Balaban J connectivity index is 1.61. The van der Waals surface area contributed by atoms with Gasteiger partial charge in [0.25, 0.3) is 0 Å². The summed E-state index contributed by atoms with van der Waals surface area (Å²) in [5.41, 5.74) is 2.08. The van der Waals surface area contributed by atoms with Crippen LogP contribution in [0.4, 0.5) is 5.82 Å². The molecule has 1 aliphatic heterocycles. The largest absolute Gasteiger partial charge is 0.507 e. The van der Waals surface area contributed by atoms with Crippen molar-refractivity contribution in [2.75, 3.05) is 11.9 Å². The van der Waals surface area contributed by atoms with Crippen LogP contribution in [0.1, 0.15) is 46.4 Å². The van der Waals surface area contributed by atoms with Gasteiger partial charge in [-0.15, -0.1) is 10.2 Å². The fraction of sp³-hybridized carbons (Fsp3) is 0.478. The lowest BCUT2D eigenvalue weighted by molar-refractivity contribution is 0.160. The lowest BCUT2D eigenvalue weighted by Crippen LogP contribution is -2.62. The van der Waals surface area contributed by atoms with Crippen LogP contribution >= 0.6 is 0 Å². The van der Waals surface area contributed by atoms with E-state index in [0.717, 1.165) is 24.0 Å². The number of nitrogens with one attached hydrogen (secondary N) is 1. The predicted octanol–water partition coefficient (Wildman–Crippen LogP) is 3.85. The number of fused-ring (bicyclic) bond motifs is 1. The molecule has 0 spiro atoms. The topological polar surface area (TPSA) is 87.1 Å². The summed E-state index contributed by atoms with van der Waals surface area (Å²) in [4.78, 5) is 10.8. The van der Waals surface area contributed by atoms with E-state index in [0.29, 0.717) is 28.6 Å². The van der Waals surface area contributed by atoms with Gasteiger partial charge in [-0.3, -0.25) is 0 Å². The number of aromatic nitrogens is 4. The first-order valence-electron chi connectivity index (χ1n) is 10.4. The summed E-state index contributed by atoms with van der Waals surface area (Å²) in [5, 5.41) is 24.0. The monoisotopic (exact) mass is 406 g/mol. The molecule has 2 N–H and O–H groups in total. The first-order valence-corrected chi connectivity index (χ1v) is 10.4. The number of phenolic OH excluding ortho intramolecular Hbond substituents is 1. The van der Waals surface area contributed by atoms with Gasteiger partial charge in [-0.25, -0.2) is 9.97 Å². The van der Waals surface area contributed by atoms with Gasteiger partial charge in [0, 0.05) is 47.4 Å². The molecule has 158 valence electrons. The van der Waals surface area contributed by atoms with E-state index in [2.05, 4.69) is 65.1 Å². The Kier molecular flexibility index (Phi) is 4.89. The zero-order valence-corrected chi connectivity index (χ0v) is 18.6. The SMILES string of the molecule is Cc1ncc2cc(-c3ccc(N(C)C4CC(C)(C)NC(C)(C)C4)nn3)c(O)cc2n1. The van der Waals surface area contributed by atoms with Crippen LogP contribution in [0.3, 0.4) is 0 Å². The Hall–Kier alpha value is -2.80. The number of nitrogens with zero attached hydrogens (tertiary/aromatic N) is 5. The third kappa shape index (κ3) is 4.07. The minimum Gasteiger partial charge on any atom is -0.507 e. The van der Waals surface area contributed by atoms with Gasteiger partial charge in [0.2, 0.25) is 0 Å². The zero-order chi connectivity index (χ0) is 21.7. The Labute approximate surface area is 177 Å². The van der Waals surface area contributed by atoms with E-state index in [1.54, 1.807) is 12.3 Å². The van der Waals surface area contributed by atoms with Crippen LogP contribution in [0.25, 0.3) is 22.2 Å². The number of hydrogen-bond donors (Lipinski definition) is 2. The fourth-order valence-corrected chi connectivity index (χ4v) is 4.75. The van der Waals surface area contributed by atoms with Crippen LogP contribution in [-0.2, 0) is 0 Å². The van der Waals surface area contributed by atoms with Gasteiger partial charge in [0.15, 0.2) is 5.82 Å². The van der Waals surface area contributed by atoms with E-state index in [9.17, 15) is 5.11 Å². The third-order valence-electron chi connectivity index (χ3n) is 5.82. The van der Waals surface area contributed by atoms with E-state index in [-0.39, 0.29) is 16.8 Å². The van der Waals surface area contributed by atoms with E-state index in [1.165, 1.54) is 0 Å². The molecule has 0 atom stereocenters. The summed E-state index contributed by atoms with van der Waals surface area (Å²) in [6, 6.07) is 7.76. The van der Waals surface area contributed by atoms with Gasteiger partial charge >= 0.3 is 0 Å². The maximum absolute atomic E-state index is 10.5. The number of hydrogen-bond acceptors (Lipinski definition) is 7. The third-order valence-corrected chi connectivity index (χ3v) is 5.82. The first kappa shape index (κ1) is 20.5. The summed E-state index contributed by atoms with van der Waals surface area (Å²) in [6.45, 7) is 10.8. The van der Waals surface area contributed by atoms with Crippen LogP contribution in [0.2, 0.25) is 0 Å². The molecule has 0 unspecified atom stereocenters. The van der Waals surface area contributed by atoms with E-state index < -0.39 is 0 Å². The van der Waals surface area contributed by atoms with Crippen LogP contribution in [0, 0.1) is 6.92 Å². The minimum absolute atomic E-state index is 0.0609. The molecule has 3 heterocycles. The van der Waals surface area contributed by atoms with Crippen LogP contribution in [-0.4, -0.2) is 49.4 Å². The van der Waals surface area contributed by atoms with Crippen molar-refractivity contribution in [3.05, 3.63) is 36.3 Å². The second-order valence-electron chi connectivity index (χ2n) is 9.69. The van der Waals surface area contributed by atoms with Gasteiger partial charge in [-0.05, 0) is 65.7 Å². The van der Waals surface area contributed by atoms with Crippen molar-refractivity contribution < 1.29 is 5.11 Å². The van der Waals surface area contributed by atoms with Crippen LogP contribution in [0.5, 0.6) is 5.75 Å². The number of aromatic hydroxyl groups is 1. The van der Waals surface area contributed by atoms with Crippen molar-refractivity contribution >= 4 is 16.7 Å². The maximum atomic E-state index is 10.5. The molecular formula is C23H30N6O. The fourth-order valence-electron chi connectivity index (χ4n) is 4.75. The molecular weight excluding hydrogens is 376 g/mol. The molecule has 0 bridgehead atoms. The minimum atomic E-state index is 0.0609. The molecule has 1 aliphatic rings. The molecule has 4 rings (SSSR count). The molecule has 0 radical (unpaired) electrons. The summed E-state index contributed by atoms with van der Waals surface area (Å²) >= 11 is 0. The number of phenols is 1.